The number of nitrogens with one attached hydrogen (secondary N) is 2. The van der Waals surface area contributed by atoms with Crippen molar-refractivity contribution in [1.82, 2.24) is 5.32 Å². The summed E-state index contributed by atoms with van der Waals surface area (Å²) in [5.41, 5.74) is 0.614. The topological polar surface area (TPSA) is 59.6 Å². The number of amides is 2. The van der Waals surface area contributed by atoms with Gasteiger partial charge in [0, 0.05) is 6.04 Å². The minimum Gasteiger partial charge on any atom is -0.373 e. The third-order valence-electron chi connectivity index (χ3n) is 3.94. The molecule has 2 aliphatic rings. The van der Waals surface area contributed by atoms with E-state index in [1.54, 1.807) is 12.1 Å². The number of hydrogen-bond donors (Lipinski definition) is 2. The lowest BCUT2D eigenvalue weighted by Gasteiger charge is -2.39. The molecule has 0 aromatic heterocycles. The molecule has 2 N–H and O–H groups in total. The summed E-state index contributed by atoms with van der Waals surface area (Å²) in [5.74, 6) is 0. The molecule has 0 spiro atoms. The number of fused-ring (bicyclic) bond motifs is 1. The molecule has 1 aromatic rings. The van der Waals surface area contributed by atoms with Crippen molar-refractivity contribution in [1.29, 1.82) is 0 Å². The molecule has 21 heavy (non-hydrogen) atoms. The van der Waals surface area contributed by atoms with E-state index in [0.29, 0.717) is 23.9 Å². The summed E-state index contributed by atoms with van der Waals surface area (Å²) >= 11 is 6.02. The lowest BCUT2D eigenvalue weighted by molar-refractivity contribution is -0.157. The van der Waals surface area contributed by atoms with Crippen molar-refractivity contribution in [2.24, 2.45) is 0 Å². The van der Waals surface area contributed by atoms with Crippen molar-refractivity contribution < 1.29 is 14.3 Å². The van der Waals surface area contributed by atoms with Crippen LogP contribution in [-0.4, -0.2) is 37.5 Å². The quantitative estimate of drug-likeness (QED) is 0.883. The Balaban J connectivity index is 1.52. The van der Waals surface area contributed by atoms with Gasteiger partial charge in [-0.2, -0.15) is 0 Å². The highest BCUT2D eigenvalue weighted by molar-refractivity contribution is 6.33. The molecule has 1 aliphatic heterocycles. The fraction of sp³-hybridized carbons (Fsp3) is 0.533. The summed E-state index contributed by atoms with van der Waals surface area (Å²) in [6.07, 6.45) is 2.89. The van der Waals surface area contributed by atoms with Crippen LogP contribution in [0.25, 0.3) is 0 Å². The average molecular weight is 311 g/mol. The van der Waals surface area contributed by atoms with E-state index in [1.165, 1.54) is 0 Å². The van der Waals surface area contributed by atoms with Gasteiger partial charge in [-0.15, -0.1) is 0 Å². The molecule has 6 heteroatoms. The summed E-state index contributed by atoms with van der Waals surface area (Å²) in [6, 6.07) is 7.05. The lowest BCUT2D eigenvalue weighted by Crippen LogP contribution is -2.50. The molecule has 5 nitrogen and oxygen atoms in total. The second-order valence-corrected chi connectivity index (χ2v) is 5.81. The molecule has 1 heterocycles. The van der Waals surface area contributed by atoms with Crippen LogP contribution in [0.1, 0.15) is 19.3 Å². The Kier molecular flexibility index (Phi) is 4.63. The van der Waals surface area contributed by atoms with Crippen LogP contribution in [0.4, 0.5) is 10.5 Å². The van der Waals surface area contributed by atoms with Gasteiger partial charge in [0.15, 0.2) is 0 Å². The number of ether oxygens (including phenoxy) is 2. The van der Waals surface area contributed by atoms with E-state index in [4.69, 9.17) is 21.1 Å². The Bertz CT molecular complexity index is 511. The molecule has 3 rings (SSSR count). The molecule has 0 bridgehead atoms. The van der Waals surface area contributed by atoms with Gasteiger partial charge >= 0.3 is 6.03 Å². The van der Waals surface area contributed by atoms with E-state index in [9.17, 15) is 4.79 Å². The maximum atomic E-state index is 12.0. The highest BCUT2D eigenvalue weighted by atomic mass is 35.5. The first-order valence-corrected chi connectivity index (χ1v) is 7.65. The Hall–Kier alpha value is -1.30. The van der Waals surface area contributed by atoms with Crippen molar-refractivity contribution in [2.45, 2.75) is 37.5 Å². The first-order valence-electron chi connectivity index (χ1n) is 7.27. The molecular weight excluding hydrogens is 292 g/mol. The zero-order chi connectivity index (χ0) is 14.7. The number of para-hydroxylation sites is 1. The van der Waals surface area contributed by atoms with Crippen molar-refractivity contribution in [2.75, 3.05) is 18.5 Å². The number of anilines is 1. The molecule has 0 radical (unpaired) electrons. The maximum Gasteiger partial charge on any atom is 0.319 e. The minimum absolute atomic E-state index is 0.0955. The van der Waals surface area contributed by atoms with Gasteiger partial charge in [0.05, 0.1) is 36.1 Å². The first-order chi connectivity index (χ1) is 10.2. The van der Waals surface area contributed by atoms with Crippen LogP contribution in [0, 0.1) is 0 Å². The van der Waals surface area contributed by atoms with Crippen LogP contribution in [0.2, 0.25) is 5.02 Å². The number of hydrogen-bond acceptors (Lipinski definition) is 3. The van der Waals surface area contributed by atoms with Crippen molar-refractivity contribution in [3.63, 3.8) is 0 Å². The minimum atomic E-state index is -0.233. The summed E-state index contributed by atoms with van der Waals surface area (Å²) in [7, 11) is 0. The van der Waals surface area contributed by atoms with Gasteiger partial charge in [-0.1, -0.05) is 23.7 Å². The fourth-order valence-corrected chi connectivity index (χ4v) is 3.09. The molecule has 2 fully saturated rings. The van der Waals surface area contributed by atoms with Crippen LogP contribution in [0.5, 0.6) is 0 Å². The van der Waals surface area contributed by atoms with Crippen molar-refractivity contribution in [3.05, 3.63) is 29.3 Å². The SMILES string of the molecule is O=C(Nc1ccccc1Cl)NC1CCC2OCCOC2C1. The molecule has 1 aliphatic carbocycles. The molecule has 3 atom stereocenters. The number of benzene rings is 1. The number of urea groups is 1. The van der Waals surface area contributed by atoms with Gasteiger partial charge in [-0.25, -0.2) is 4.79 Å². The largest absolute Gasteiger partial charge is 0.373 e. The molecule has 2 amide bonds. The summed E-state index contributed by atoms with van der Waals surface area (Å²) < 4.78 is 11.4. The summed E-state index contributed by atoms with van der Waals surface area (Å²) in [6.45, 7) is 1.31. The Labute approximate surface area is 128 Å². The van der Waals surface area contributed by atoms with Gasteiger partial charge in [0.1, 0.15) is 0 Å². The average Bonchev–Trinajstić information content (AvgIpc) is 2.49. The van der Waals surface area contributed by atoms with E-state index in [-0.39, 0.29) is 24.3 Å². The predicted octanol–water partition coefficient (Wildman–Crippen LogP) is 2.80. The van der Waals surface area contributed by atoms with Crippen molar-refractivity contribution >= 4 is 23.3 Å². The van der Waals surface area contributed by atoms with Gasteiger partial charge in [-0.05, 0) is 31.4 Å². The zero-order valence-corrected chi connectivity index (χ0v) is 12.4. The van der Waals surface area contributed by atoms with Gasteiger partial charge < -0.3 is 20.1 Å². The van der Waals surface area contributed by atoms with E-state index >= 15 is 0 Å². The number of rotatable bonds is 2. The third-order valence-corrected chi connectivity index (χ3v) is 4.27. The monoisotopic (exact) mass is 310 g/mol. The van der Waals surface area contributed by atoms with E-state index in [1.807, 2.05) is 12.1 Å². The molecular formula is C15H19ClN2O3. The van der Waals surface area contributed by atoms with Gasteiger partial charge in [0.25, 0.3) is 0 Å². The first kappa shape index (κ1) is 14.6. The second kappa shape index (κ2) is 6.64. The highest BCUT2D eigenvalue weighted by Gasteiger charge is 2.34. The number of carbonyl (C=O) groups is 1. The molecule has 114 valence electrons. The standard InChI is InChI=1S/C15H19ClN2O3/c16-11-3-1-2-4-12(11)18-15(19)17-10-5-6-13-14(9-10)21-8-7-20-13/h1-4,10,13-14H,5-9H2,(H2,17,18,19). The van der Waals surface area contributed by atoms with Crippen molar-refractivity contribution in [3.8, 4) is 0 Å². The summed E-state index contributed by atoms with van der Waals surface area (Å²) in [4.78, 5) is 12.0. The molecule has 1 saturated carbocycles. The normalized spacial score (nSPS) is 28.5. The second-order valence-electron chi connectivity index (χ2n) is 5.41. The third kappa shape index (κ3) is 3.67. The van der Waals surface area contributed by atoms with E-state index in [2.05, 4.69) is 10.6 Å². The smallest absolute Gasteiger partial charge is 0.319 e. The lowest BCUT2D eigenvalue weighted by atomic mass is 9.90. The van der Waals surface area contributed by atoms with Crippen LogP contribution in [-0.2, 0) is 9.47 Å². The fourth-order valence-electron chi connectivity index (χ4n) is 2.90. The molecule has 3 unspecified atom stereocenters. The summed E-state index contributed by atoms with van der Waals surface area (Å²) in [5, 5.41) is 6.29. The van der Waals surface area contributed by atoms with Gasteiger partial charge in [-0.3, -0.25) is 0 Å². The van der Waals surface area contributed by atoms with Gasteiger partial charge in [0.2, 0.25) is 0 Å². The van der Waals surface area contributed by atoms with Crippen LogP contribution < -0.4 is 10.6 Å². The predicted molar refractivity (Wildman–Crippen MR) is 80.7 cm³/mol. The Morgan fingerprint density at radius 1 is 1.14 bits per heavy atom. The van der Waals surface area contributed by atoms with Crippen LogP contribution in [0.15, 0.2) is 24.3 Å². The van der Waals surface area contributed by atoms with Crippen LogP contribution in [0.3, 0.4) is 0 Å². The number of carbonyl (C=O) groups excluding carboxylic acids is 1. The maximum absolute atomic E-state index is 12.0. The Morgan fingerprint density at radius 3 is 2.71 bits per heavy atom. The molecule has 1 saturated heterocycles. The molecule has 1 aromatic carbocycles. The van der Waals surface area contributed by atoms with E-state index in [0.717, 1.165) is 19.3 Å². The number of halogens is 1. The Morgan fingerprint density at radius 2 is 1.90 bits per heavy atom. The zero-order valence-electron chi connectivity index (χ0n) is 11.7. The highest BCUT2D eigenvalue weighted by Crippen LogP contribution is 2.27. The van der Waals surface area contributed by atoms with E-state index < -0.39 is 0 Å². The van der Waals surface area contributed by atoms with Crippen LogP contribution >= 0.6 is 11.6 Å².